The number of carbonyl (C=O) groups is 1. The van der Waals surface area contributed by atoms with Gasteiger partial charge in [-0.25, -0.2) is 13.2 Å². The normalized spacial score (nSPS) is 17.0. The largest absolute Gasteiger partial charge is 0.478 e. The van der Waals surface area contributed by atoms with Crippen molar-refractivity contribution in [3.63, 3.8) is 0 Å². The third kappa shape index (κ3) is 3.67. The molecule has 1 N–H and O–H groups in total. The van der Waals surface area contributed by atoms with E-state index in [0.29, 0.717) is 26.2 Å². The summed E-state index contributed by atoms with van der Waals surface area (Å²) in [5, 5.41) is 10.9. The molecule has 1 aliphatic rings. The van der Waals surface area contributed by atoms with Crippen LogP contribution < -0.4 is 0 Å². The van der Waals surface area contributed by atoms with Crippen molar-refractivity contribution < 1.29 is 18.3 Å². The first kappa shape index (κ1) is 17.1. The van der Waals surface area contributed by atoms with Crippen molar-refractivity contribution in [2.75, 3.05) is 26.2 Å². The third-order valence-electron chi connectivity index (χ3n) is 4.03. The molecule has 0 radical (unpaired) electrons. The average Bonchev–Trinajstić information content (AvgIpc) is 3.08. The molecule has 0 unspecified atom stereocenters. The Morgan fingerprint density at radius 1 is 1.08 bits per heavy atom. The molecule has 1 aromatic heterocycles. The molecular formula is C16H18N2O4S2. The highest BCUT2D eigenvalue weighted by molar-refractivity contribution is 7.89. The first-order valence-corrected chi connectivity index (χ1v) is 9.87. The lowest BCUT2D eigenvalue weighted by Crippen LogP contribution is -2.48. The van der Waals surface area contributed by atoms with Crippen LogP contribution in [0.1, 0.15) is 15.2 Å². The van der Waals surface area contributed by atoms with Crippen LogP contribution >= 0.6 is 11.3 Å². The lowest BCUT2D eigenvalue weighted by atomic mass is 10.2. The van der Waals surface area contributed by atoms with Crippen molar-refractivity contribution in [3.8, 4) is 0 Å². The van der Waals surface area contributed by atoms with Gasteiger partial charge in [-0.3, -0.25) is 4.90 Å². The van der Waals surface area contributed by atoms with Gasteiger partial charge < -0.3 is 5.11 Å². The fourth-order valence-electron chi connectivity index (χ4n) is 2.67. The topological polar surface area (TPSA) is 77.9 Å². The second kappa shape index (κ2) is 7.02. The van der Waals surface area contributed by atoms with Crippen LogP contribution in [0.2, 0.25) is 0 Å². The van der Waals surface area contributed by atoms with E-state index in [1.807, 2.05) is 11.4 Å². The molecule has 8 heteroatoms. The molecule has 1 saturated heterocycles. The Kier molecular flexibility index (Phi) is 5.00. The van der Waals surface area contributed by atoms with Crippen molar-refractivity contribution >= 4 is 27.3 Å². The first-order valence-electron chi connectivity index (χ1n) is 7.55. The molecule has 0 saturated carbocycles. The molecule has 128 valence electrons. The molecule has 2 aromatic rings. The lowest BCUT2D eigenvalue weighted by Gasteiger charge is -2.33. The highest BCUT2D eigenvalue weighted by Gasteiger charge is 2.28. The van der Waals surface area contributed by atoms with Crippen LogP contribution in [-0.4, -0.2) is 54.9 Å². The number of thiophene rings is 1. The number of rotatable bonds is 5. The van der Waals surface area contributed by atoms with E-state index >= 15 is 0 Å². The minimum atomic E-state index is -3.57. The van der Waals surface area contributed by atoms with Gasteiger partial charge in [0, 0.05) is 37.6 Å². The molecule has 1 aliphatic heterocycles. The van der Waals surface area contributed by atoms with Crippen LogP contribution in [0.25, 0.3) is 0 Å². The van der Waals surface area contributed by atoms with Crippen LogP contribution in [0.3, 0.4) is 0 Å². The predicted molar refractivity (Wildman–Crippen MR) is 91.8 cm³/mol. The predicted octanol–water partition coefficient (Wildman–Crippen LogP) is 1.95. The van der Waals surface area contributed by atoms with Crippen molar-refractivity contribution in [3.05, 3.63) is 52.2 Å². The van der Waals surface area contributed by atoms with Crippen LogP contribution in [0.4, 0.5) is 0 Å². The van der Waals surface area contributed by atoms with Gasteiger partial charge in [0.05, 0.1) is 10.5 Å². The molecular weight excluding hydrogens is 348 g/mol. The number of nitrogens with zero attached hydrogens (tertiary/aromatic N) is 2. The Hall–Kier alpha value is -1.74. The van der Waals surface area contributed by atoms with E-state index in [9.17, 15) is 13.2 Å². The fourth-order valence-corrected chi connectivity index (χ4v) is 4.84. The van der Waals surface area contributed by atoms with Crippen molar-refractivity contribution in [1.82, 2.24) is 9.21 Å². The van der Waals surface area contributed by atoms with Gasteiger partial charge >= 0.3 is 5.97 Å². The zero-order chi connectivity index (χ0) is 17.2. The third-order valence-corrected chi connectivity index (χ3v) is 6.80. The highest BCUT2D eigenvalue weighted by Crippen LogP contribution is 2.20. The molecule has 0 amide bonds. The Balaban J connectivity index is 1.65. The maximum Gasteiger partial charge on any atom is 0.335 e. The summed E-state index contributed by atoms with van der Waals surface area (Å²) in [5.41, 5.74) is 0.0784. The number of sulfonamides is 1. The molecule has 1 aromatic carbocycles. The summed E-state index contributed by atoms with van der Waals surface area (Å²) in [4.78, 5) is 14.5. The number of aromatic carboxylic acids is 1. The molecule has 0 aliphatic carbocycles. The SMILES string of the molecule is O=C(O)c1ccc(S(=O)(=O)N2CCN(Cc3cccs3)CC2)cc1. The minimum absolute atomic E-state index is 0.0784. The molecule has 0 atom stereocenters. The summed E-state index contributed by atoms with van der Waals surface area (Å²) in [6, 6.07) is 9.46. The van der Waals surface area contributed by atoms with Crippen LogP contribution in [-0.2, 0) is 16.6 Å². The van der Waals surface area contributed by atoms with Gasteiger partial charge in [0.15, 0.2) is 0 Å². The minimum Gasteiger partial charge on any atom is -0.478 e. The van der Waals surface area contributed by atoms with Gasteiger partial charge in [-0.2, -0.15) is 4.31 Å². The smallest absolute Gasteiger partial charge is 0.335 e. The second-order valence-corrected chi connectivity index (χ2v) is 8.56. The molecule has 2 heterocycles. The number of hydrogen-bond donors (Lipinski definition) is 1. The summed E-state index contributed by atoms with van der Waals surface area (Å²) in [6.45, 7) is 3.09. The zero-order valence-corrected chi connectivity index (χ0v) is 14.6. The summed E-state index contributed by atoms with van der Waals surface area (Å²) >= 11 is 1.70. The molecule has 1 fully saturated rings. The summed E-state index contributed by atoms with van der Waals surface area (Å²) in [5.74, 6) is -1.07. The zero-order valence-electron chi connectivity index (χ0n) is 13.0. The molecule has 3 rings (SSSR count). The van der Waals surface area contributed by atoms with E-state index < -0.39 is 16.0 Å². The van der Waals surface area contributed by atoms with Crippen molar-refractivity contribution in [1.29, 1.82) is 0 Å². The Bertz CT molecular complexity index is 793. The standard InChI is InChI=1S/C16H18N2O4S2/c19-16(20)13-3-5-15(6-4-13)24(21,22)18-9-7-17(8-10-18)12-14-2-1-11-23-14/h1-6,11H,7-10,12H2,(H,19,20). The van der Waals surface area contributed by atoms with Crippen LogP contribution in [0.5, 0.6) is 0 Å². The van der Waals surface area contributed by atoms with Crippen molar-refractivity contribution in [2.24, 2.45) is 0 Å². The Morgan fingerprint density at radius 3 is 2.29 bits per heavy atom. The van der Waals surface area contributed by atoms with Gasteiger partial charge in [0.2, 0.25) is 10.0 Å². The maximum absolute atomic E-state index is 12.7. The highest BCUT2D eigenvalue weighted by atomic mass is 32.2. The maximum atomic E-state index is 12.7. The van der Waals surface area contributed by atoms with E-state index in [0.717, 1.165) is 6.54 Å². The average molecular weight is 366 g/mol. The van der Waals surface area contributed by atoms with E-state index in [1.54, 1.807) is 11.3 Å². The van der Waals surface area contributed by atoms with Crippen LogP contribution in [0, 0.1) is 0 Å². The second-order valence-electron chi connectivity index (χ2n) is 5.59. The Morgan fingerprint density at radius 2 is 1.75 bits per heavy atom. The number of carboxylic acids is 1. The van der Waals surface area contributed by atoms with Gasteiger partial charge in [-0.1, -0.05) is 6.07 Å². The van der Waals surface area contributed by atoms with Gasteiger partial charge in [0.1, 0.15) is 0 Å². The quantitative estimate of drug-likeness (QED) is 0.875. The van der Waals surface area contributed by atoms with E-state index in [2.05, 4.69) is 11.0 Å². The van der Waals surface area contributed by atoms with E-state index in [-0.39, 0.29) is 10.5 Å². The summed E-state index contributed by atoms with van der Waals surface area (Å²) in [7, 11) is -3.57. The number of hydrogen-bond acceptors (Lipinski definition) is 5. The molecule has 6 nitrogen and oxygen atoms in total. The monoisotopic (exact) mass is 366 g/mol. The fraction of sp³-hybridized carbons (Fsp3) is 0.312. The van der Waals surface area contributed by atoms with Crippen LogP contribution in [0.15, 0.2) is 46.7 Å². The number of benzene rings is 1. The first-order chi connectivity index (χ1) is 11.5. The number of carboxylic acid groups (broad SMARTS) is 1. The number of piperazine rings is 1. The van der Waals surface area contributed by atoms with E-state index in [4.69, 9.17) is 5.11 Å². The van der Waals surface area contributed by atoms with Gasteiger partial charge in [0.25, 0.3) is 0 Å². The molecule has 0 bridgehead atoms. The Labute approximate surface area is 145 Å². The van der Waals surface area contributed by atoms with E-state index in [1.165, 1.54) is 33.4 Å². The summed E-state index contributed by atoms with van der Waals surface area (Å²) in [6.07, 6.45) is 0. The van der Waals surface area contributed by atoms with Gasteiger partial charge in [-0.05, 0) is 35.7 Å². The lowest BCUT2D eigenvalue weighted by molar-refractivity contribution is 0.0696. The summed E-state index contributed by atoms with van der Waals surface area (Å²) < 4.78 is 26.8. The van der Waals surface area contributed by atoms with Crippen molar-refractivity contribution in [2.45, 2.75) is 11.4 Å². The molecule has 0 spiro atoms. The van der Waals surface area contributed by atoms with Gasteiger partial charge in [-0.15, -0.1) is 11.3 Å². The molecule has 24 heavy (non-hydrogen) atoms.